The molecule has 3 rings (SSSR count). The molecule has 1 aromatic heterocycles. The van der Waals surface area contributed by atoms with E-state index in [9.17, 15) is 0 Å². The summed E-state index contributed by atoms with van der Waals surface area (Å²) < 4.78 is 5.37. The first kappa shape index (κ1) is 12.5. The standard InChI is InChI=1S/C17H21NO/c18-17(11-10-14-7-4-12-19-14)16-9-2-1-8-15(16)13-5-3-6-13/h1-2,4,7-9,12-13,17H,3,5-6,10-11,18H2. The molecule has 19 heavy (non-hydrogen) atoms. The fraction of sp³-hybridized carbons (Fsp3) is 0.412. The van der Waals surface area contributed by atoms with Crippen molar-refractivity contribution < 1.29 is 4.42 Å². The van der Waals surface area contributed by atoms with E-state index in [1.54, 1.807) is 6.26 Å². The van der Waals surface area contributed by atoms with Crippen molar-refractivity contribution >= 4 is 0 Å². The summed E-state index contributed by atoms with van der Waals surface area (Å²) in [7, 11) is 0. The van der Waals surface area contributed by atoms with Gasteiger partial charge < -0.3 is 10.2 Å². The van der Waals surface area contributed by atoms with Gasteiger partial charge in [-0.15, -0.1) is 0 Å². The molecule has 1 heterocycles. The summed E-state index contributed by atoms with van der Waals surface area (Å²) in [5.41, 5.74) is 9.19. The molecular formula is C17H21NO. The van der Waals surface area contributed by atoms with E-state index in [1.165, 1.54) is 30.4 Å². The minimum absolute atomic E-state index is 0.113. The van der Waals surface area contributed by atoms with E-state index in [0.717, 1.165) is 24.5 Å². The van der Waals surface area contributed by atoms with Crippen LogP contribution in [0.25, 0.3) is 0 Å². The molecule has 1 atom stereocenters. The lowest BCUT2D eigenvalue weighted by molar-refractivity contribution is 0.413. The molecule has 2 heteroatoms. The zero-order valence-electron chi connectivity index (χ0n) is 11.2. The molecule has 2 aromatic rings. The summed E-state index contributed by atoms with van der Waals surface area (Å²) in [4.78, 5) is 0. The summed E-state index contributed by atoms with van der Waals surface area (Å²) in [6.45, 7) is 0. The Morgan fingerprint density at radius 3 is 2.68 bits per heavy atom. The van der Waals surface area contributed by atoms with Crippen molar-refractivity contribution in [1.82, 2.24) is 0 Å². The highest BCUT2D eigenvalue weighted by Crippen LogP contribution is 2.39. The quantitative estimate of drug-likeness (QED) is 0.870. The van der Waals surface area contributed by atoms with Gasteiger partial charge in [-0.2, -0.15) is 0 Å². The van der Waals surface area contributed by atoms with Crippen LogP contribution in [0.4, 0.5) is 0 Å². The second-order valence-electron chi connectivity index (χ2n) is 5.48. The highest BCUT2D eigenvalue weighted by Gasteiger charge is 2.23. The molecule has 0 amide bonds. The van der Waals surface area contributed by atoms with E-state index in [2.05, 4.69) is 24.3 Å². The molecular weight excluding hydrogens is 234 g/mol. The summed E-state index contributed by atoms with van der Waals surface area (Å²) in [6, 6.07) is 12.8. The fourth-order valence-corrected chi connectivity index (χ4v) is 2.85. The van der Waals surface area contributed by atoms with Crippen LogP contribution in [-0.4, -0.2) is 0 Å². The number of furan rings is 1. The summed E-state index contributed by atoms with van der Waals surface area (Å²) in [6.07, 6.45) is 7.58. The summed E-state index contributed by atoms with van der Waals surface area (Å²) in [5.74, 6) is 1.77. The Balaban J connectivity index is 1.70. The van der Waals surface area contributed by atoms with Gasteiger partial charge in [-0.25, -0.2) is 0 Å². The maximum absolute atomic E-state index is 6.39. The van der Waals surface area contributed by atoms with Crippen LogP contribution in [-0.2, 0) is 6.42 Å². The number of nitrogens with two attached hydrogens (primary N) is 1. The van der Waals surface area contributed by atoms with Gasteiger partial charge >= 0.3 is 0 Å². The van der Waals surface area contributed by atoms with Crippen molar-refractivity contribution in [1.29, 1.82) is 0 Å². The molecule has 1 saturated carbocycles. The molecule has 2 N–H and O–H groups in total. The lowest BCUT2D eigenvalue weighted by Gasteiger charge is -2.29. The lowest BCUT2D eigenvalue weighted by Crippen LogP contribution is -2.18. The molecule has 0 bridgehead atoms. The highest BCUT2D eigenvalue weighted by molar-refractivity contribution is 5.34. The Labute approximate surface area is 114 Å². The van der Waals surface area contributed by atoms with Crippen molar-refractivity contribution in [2.24, 2.45) is 5.73 Å². The topological polar surface area (TPSA) is 39.2 Å². The van der Waals surface area contributed by atoms with Crippen molar-refractivity contribution in [3.63, 3.8) is 0 Å². The van der Waals surface area contributed by atoms with Crippen LogP contribution in [0, 0.1) is 0 Å². The first-order valence-electron chi connectivity index (χ1n) is 7.21. The molecule has 0 radical (unpaired) electrons. The smallest absolute Gasteiger partial charge is 0.103 e. The fourth-order valence-electron chi connectivity index (χ4n) is 2.85. The molecule has 1 unspecified atom stereocenters. The normalized spacial score (nSPS) is 17.1. The number of hydrogen-bond donors (Lipinski definition) is 1. The number of rotatable bonds is 5. The van der Waals surface area contributed by atoms with E-state index < -0.39 is 0 Å². The van der Waals surface area contributed by atoms with Gasteiger partial charge in [0.1, 0.15) is 5.76 Å². The highest BCUT2D eigenvalue weighted by atomic mass is 16.3. The molecule has 0 aliphatic heterocycles. The van der Waals surface area contributed by atoms with Gasteiger partial charge in [0.15, 0.2) is 0 Å². The van der Waals surface area contributed by atoms with E-state index >= 15 is 0 Å². The third-order valence-electron chi connectivity index (χ3n) is 4.22. The van der Waals surface area contributed by atoms with E-state index in [-0.39, 0.29) is 6.04 Å². The molecule has 2 nitrogen and oxygen atoms in total. The van der Waals surface area contributed by atoms with Crippen LogP contribution in [0.3, 0.4) is 0 Å². The van der Waals surface area contributed by atoms with Crippen LogP contribution in [0.5, 0.6) is 0 Å². The van der Waals surface area contributed by atoms with Gasteiger partial charge in [0.25, 0.3) is 0 Å². The minimum atomic E-state index is 0.113. The average Bonchev–Trinajstić information content (AvgIpc) is 2.88. The van der Waals surface area contributed by atoms with Gasteiger partial charge in [0.2, 0.25) is 0 Å². The van der Waals surface area contributed by atoms with Gasteiger partial charge in [-0.3, -0.25) is 0 Å². The van der Waals surface area contributed by atoms with Gasteiger partial charge in [0, 0.05) is 12.5 Å². The largest absolute Gasteiger partial charge is 0.469 e. The lowest BCUT2D eigenvalue weighted by atomic mass is 9.77. The maximum Gasteiger partial charge on any atom is 0.103 e. The zero-order chi connectivity index (χ0) is 13.1. The summed E-state index contributed by atoms with van der Waals surface area (Å²) >= 11 is 0. The van der Waals surface area contributed by atoms with Crippen LogP contribution in [0.15, 0.2) is 47.1 Å². The van der Waals surface area contributed by atoms with Crippen molar-refractivity contribution in [3.05, 3.63) is 59.5 Å². The second-order valence-corrected chi connectivity index (χ2v) is 5.48. The predicted octanol–water partition coefficient (Wildman–Crippen LogP) is 4.18. The van der Waals surface area contributed by atoms with Crippen LogP contribution >= 0.6 is 0 Å². The summed E-state index contributed by atoms with van der Waals surface area (Å²) in [5, 5.41) is 0. The van der Waals surface area contributed by atoms with Crippen LogP contribution < -0.4 is 5.73 Å². The van der Waals surface area contributed by atoms with Gasteiger partial charge in [0.05, 0.1) is 6.26 Å². The molecule has 1 aromatic carbocycles. The second kappa shape index (κ2) is 5.62. The monoisotopic (exact) mass is 255 g/mol. The van der Waals surface area contributed by atoms with E-state index in [4.69, 9.17) is 10.2 Å². The van der Waals surface area contributed by atoms with Crippen molar-refractivity contribution in [2.75, 3.05) is 0 Å². The number of aryl methyl sites for hydroxylation is 1. The van der Waals surface area contributed by atoms with E-state index in [1.807, 2.05) is 12.1 Å². The first-order valence-corrected chi connectivity index (χ1v) is 7.21. The Hall–Kier alpha value is -1.54. The molecule has 100 valence electrons. The number of hydrogen-bond acceptors (Lipinski definition) is 2. The van der Waals surface area contributed by atoms with Gasteiger partial charge in [-0.1, -0.05) is 30.7 Å². The van der Waals surface area contributed by atoms with Crippen LogP contribution in [0.1, 0.15) is 54.5 Å². The van der Waals surface area contributed by atoms with Crippen molar-refractivity contribution in [3.8, 4) is 0 Å². The Kier molecular flexibility index (Phi) is 3.69. The average molecular weight is 255 g/mol. The Bertz CT molecular complexity index is 514. The van der Waals surface area contributed by atoms with E-state index in [0.29, 0.717) is 0 Å². The third kappa shape index (κ3) is 2.74. The molecule has 0 spiro atoms. The first-order chi connectivity index (χ1) is 9.34. The third-order valence-corrected chi connectivity index (χ3v) is 4.22. The van der Waals surface area contributed by atoms with Crippen molar-refractivity contribution in [2.45, 2.75) is 44.1 Å². The Morgan fingerprint density at radius 1 is 1.16 bits per heavy atom. The molecule has 1 fully saturated rings. The minimum Gasteiger partial charge on any atom is -0.469 e. The Morgan fingerprint density at radius 2 is 2.00 bits per heavy atom. The molecule has 1 aliphatic carbocycles. The van der Waals surface area contributed by atoms with Crippen LogP contribution in [0.2, 0.25) is 0 Å². The maximum atomic E-state index is 6.39. The van der Waals surface area contributed by atoms with Gasteiger partial charge in [-0.05, 0) is 48.4 Å². The number of benzene rings is 1. The molecule has 0 saturated heterocycles. The molecule has 1 aliphatic rings. The SMILES string of the molecule is NC(CCc1ccco1)c1ccccc1C1CCC1. The predicted molar refractivity (Wildman–Crippen MR) is 77.0 cm³/mol. The zero-order valence-corrected chi connectivity index (χ0v) is 11.2.